The van der Waals surface area contributed by atoms with Crippen LogP contribution in [0, 0.1) is 21.4 Å². The predicted molar refractivity (Wildman–Crippen MR) is 81.7 cm³/mol. The SMILES string of the molecule is COc1cc([N+](=O)[O-])c(C#N)cc1OCCCC1CNCCO1. The number of benzene rings is 1. The molecule has 1 saturated heterocycles. The molecule has 2 rings (SSSR count). The number of nitriles is 1. The predicted octanol–water partition coefficient (Wildman–Crippen LogP) is 1.62. The lowest BCUT2D eigenvalue weighted by Gasteiger charge is -2.23. The fourth-order valence-electron chi connectivity index (χ4n) is 2.36. The number of ether oxygens (including phenoxy) is 3. The topological polar surface area (TPSA) is 107 Å². The van der Waals surface area contributed by atoms with Gasteiger partial charge in [0.05, 0.1) is 37.4 Å². The van der Waals surface area contributed by atoms with Crippen LogP contribution in [-0.4, -0.2) is 44.4 Å². The molecule has 1 N–H and O–H groups in total. The van der Waals surface area contributed by atoms with E-state index in [2.05, 4.69) is 5.32 Å². The molecule has 0 spiro atoms. The molecule has 1 fully saturated rings. The Bertz CT molecular complexity index is 594. The molecular formula is C15H19N3O5. The van der Waals surface area contributed by atoms with Gasteiger partial charge in [-0.15, -0.1) is 0 Å². The lowest BCUT2D eigenvalue weighted by atomic mass is 10.1. The number of nitrogens with one attached hydrogen (secondary N) is 1. The van der Waals surface area contributed by atoms with Crippen molar-refractivity contribution >= 4 is 5.69 Å². The summed E-state index contributed by atoms with van der Waals surface area (Å²) in [6.45, 7) is 2.84. The van der Waals surface area contributed by atoms with Crippen LogP contribution >= 0.6 is 0 Å². The minimum Gasteiger partial charge on any atom is -0.493 e. The highest BCUT2D eigenvalue weighted by Crippen LogP contribution is 2.34. The lowest BCUT2D eigenvalue weighted by molar-refractivity contribution is -0.385. The summed E-state index contributed by atoms with van der Waals surface area (Å²) in [4.78, 5) is 10.3. The molecule has 124 valence electrons. The maximum atomic E-state index is 10.9. The van der Waals surface area contributed by atoms with Crippen LogP contribution in [0.3, 0.4) is 0 Å². The first-order valence-electron chi connectivity index (χ1n) is 7.37. The van der Waals surface area contributed by atoms with E-state index in [0.717, 1.165) is 25.9 Å². The van der Waals surface area contributed by atoms with Gasteiger partial charge in [-0.3, -0.25) is 10.1 Å². The van der Waals surface area contributed by atoms with Crippen LogP contribution in [0.4, 0.5) is 5.69 Å². The summed E-state index contributed by atoms with van der Waals surface area (Å²) in [6.07, 6.45) is 1.81. The summed E-state index contributed by atoms with van der Waals surface area (Å²) in [7, 11) is 1.40. The van der Waals surface area contributed by atoms with Crippen LogP contribution in [0.5, 0.6) is 11.5 Å². The average Bonchev–Trinajstić information content (AvgIpc) is 2.58. The van der Waals surface area contributed by atoms with Crippen LogP contribution in [-0.2, 0) is 4.74 Å². The Morgan fingerprint density at radius 3 is 2.96 bits per heavy atom. The third kappa shape index (κ3) is 4.55. The van der Waals surface area contributed by atoms with Gasteiger partial charge in [-0.1, -0.05) is 0 Å². The van der Waals surface area contributed by atoms with Crippen molar-refractivity contribution in [2.45, 2.75) is 18.9 Å². The molecular weight excluding hydrogens is 302 g/mol. The number of methoxy groups -OCH3 is 1. The number of morpholine rings is 1. The van der Waals surface area contributed by atoms with E-state index >= 15 is 0 Å². The van der Waals surface area contributed by atoms with Crippen molar-refractivity contribution in [3.05, 3.63) is 27.8 Å². The van der Waals surface area contributed by atoms with E-state index < -0.39 is 4.92 Å². The van der Waals surface area contributed by atoms with Crippen molar-refractivity contribution in [3.8, 4) is 17.6 Å². The van der Waals surface area contributed by atoms with Crippen LogP contribution < -0.4 is 14.8 Å². The monoisotopic (exact) mass is 321 g/mol. The van der Waals surface area contributed by atoms with Gasteiger partial charge in [0, 0.05) is 19.2 Å². The number of rotatable bonds is 7. The summed E-state index contributed by atoms with van der Waals surface area (Å²) in [5.41, 5.74) is -0.344. The molecule has 8 heteroatoms. The van der Waals surface area contributed by atoms with Gasteiger partial charge in [0.1, 0.15) is 11.6 Å². The molecule has 0 radical (unpaired) electrons. The summed E-state index contributed by atoms with van der Waals surface area (Å²) < 4.78 is 16.3. The second-order valence-electron chi connectivity index (χ2n) is 5.08. The van der Waals surface area contributed by atoms with Crippen LogP contribution in [0.1, 0.15) is 18.4 Å². The Morgan fingerprint density at radius 2 is 2.35 bits per heavy atom. The smallest absolute Gasteiger partial charge is 0.291 e. The summed E-state index contributed by atoms with van der Waals surface area (Å²) in [5, 5.41) is 23.2. The maximum absolute atomic E-state index is 10.9. The minimum absolute atomic E-state index is 0.0504. The zero-order valence-electron chi connectivity index (χ0n) is 12.9. The van der Waals surface area contributed by atoms with E-state index in [4.69, 9.17) is 19.5 Å². The van der Waals surface area contributed by atoms with Crippen molar-refractivity contribution < 1.29 is 19.1 Å². The van der Waals surface area contributed by atoms with Crippen molar-refractivity contribution in [2.75, 3.05) is 33.4 Å². The van der Waals surface area contributed by atoms with E-state index in [1.54, 1.807) is 6.07 Å². The van der Waals surface area contributed by atoms with Crippen molar-refractivity contribution in [2.24, 2.45) is 0 Å². The van der Waals surface area contributed by atoms with E-state index in [9.17, 15) is 10.1 Å². The first kappa shape index (κ1) is 17.0. The number of hydrogen-bond donors (Lipinski definition) is 1. The Morgan fingerprint density at radius 1 is 1.52 bits per heavy atom. The molecule has 1 heterocycles. The average molecular weight is 321 g/mol. The van der Waals surface area contributed by atoms with Crippen LogP contribution in [0.15, 0.2) is 12.1 Å². The number of nitrogens with zero attached hydrogens (tertiary/aromatic N) is 2. The Labute approximate surface area is 134 Å². The number of nitro groups is 1. The second kappa shape index (κ2) is 8.31. The highest BCUT2D eigenvalue weighted by molar-refractivity contribution is 5.58. The molecule has 0 saturated carbocycles. The lowest BCUT2D eigenvalue weighted by Crippen LogP contribution is -2.38. The molecule has 0 amide bonds. The Kier molecular flexibility index (Phi) is 6.14. The molecule has 1 aliphatic heterocycles. The molecule has 23 heavy (non-hydrogen) atoms. The molecule has 1 aliphatic rings. The van der Waals surface area contributed by atoms with E-state index in [0.29, 0.717) is 19.0 Å². The molecule has 0 aromatic heterocycles. The van der Waals surface area contributed by atoms with E-state index in [1.165, 1.54) is 19.2 Å². The normalized spacial score (nSPS) is 17.3. The van der Waals surface area contributed by atoms with Crippen LogP contribution in [0.2, 0.25) is 0 Å². The number of nitro benzene ring substituents is 1. The van der Waals surface area contributed by atoms with Gasteiger partial charge < -0.3 is 19.5 Å². The highest BCUT2D eigenvalue weighted by Gasteiger charge is 2.20. The fourth-order valence-corrected chi connectivity index (χ4v) is 2.36. The van der Waals surface area contributed by atoms with Gasteiger partial charge in [-0.2, -0.15) is 5.26 Å². The molecule has 1 aromatic rings. The standard InChI is InChI=1S/C15H19N3O5/c1-21-14-8-13(18(19)20)11(9-16)7-15(14)23-5-2-3-12-10-17-4-6-22-12/h7-8,12,17H,2-6,10H2,1H3. The molecule has 0 aliphatic carbocycles. The third-order valence-electron chi connectivity index (χ3n) is 3.53. The first-order chi connectivity index (χ1) is 11.2. The van der Waals surface area contributed by atoms with Gasteiger partial charge in [-0.25, -0.2) is 0 Å². The zero-order valence-corrected chi connectivity index (χ0v) is 12.9. The zero-order chi connectivity index (χ0) is 16.7. The second-order valence-corrected chi connectivity index (χ2v) is 5.08. The Balaban J connectivity index is 1.95. The molecule has 1 aromatic carbocycles. The van der Waals surface area contributed by atoms with Crippen molar-refractivity contribution in [1.29, 1.82) is 5.26 Å². The van der Waals surface area contributed by atoms with Crippen LogP contribution in [0.25, 0.3) is 0 Å². The minimum atomic E-state index is -0.613. The Hall–Kier alpha value is -2.37. The molecule has 8 nitrogen and oxygen atoms in total. The highest BCUT2D eigenvalue weighted by atomic mass is 16.6. The quantitative estimate of drug-likeness (QED) is 0.462. The molecule has 1 unspecified atom stereocenters. The van der Waals surface area contributed by atoms with Gasteiger partial charge in [0.25, 0.3) is 5.69 Å². The number of hydrogen-bond acceptors (Lipinski definition) is 7. The fraction of sp³-hybridized carbons (Fsp3) is 0.533. The molecule has 1 atom stereocenters. The van der Waals surface area contributed by atoms with Crippen molar-refractivity contribution in [1.82, 2.24) is 5.32 Å². The molecule has 0 bridgehead atoms. The third-order valence-corrected chi connectivity index (χ3v) is 3.53. The summed E-state index contributed by atoms with van der Waals surface area (Å²) in [6, 6.07) is 4.36. The first-order valence-corrected chi connectivity index (χ1v) is 7.37. The van der Waals surface area contributed by atoms with E-state index in [1.807, 2.05) is 0 Å². The van der Waals surface area contributed by atoms with Gasteiger partial charge in [0.2, 0.25) is 0 Å². The summed E-state index contributed by atoms with van der Waals surface area (Å²) in [5.74, 6) is 0.573. The van der Waals surface area contributed by atoms with E-state index in [-0.39, 0.29) is 23.1 Å². The largest absolute Gasteiger partial charge is 0.493 e. The van der Waals surface area contributed by atoms with Gasteiger partial charge in [0.15, 0.2) is 11.5 Å². The van der Waals surface area contributed by atoms with Gasteiger partial charge in [-0.05, 0) is 12.8 Å². The maximum Gasteiger partial charge on any atom is 0.291 e. The van der Waals surface area contributed by atoms with Crippen molar-refractivity contribution in [3.63, 3.8) is 0 Å². The summed E-state index contributed by atoms with van der Waals surface area (Å²) >= 11 is 0. The van der Waals surface area contributed by atoms with Gasteiger partial charge >= 0.3 is 0 Å².